The van der Waals surface area contributed by atoms with Crippen LogP contribution in [0.5, 0.6) is 5.75 Å². The molecular formula is C14H19Cl2NO2. The van der Waals surface area contributed by atoms with Crippen molar-refractivity contribution in [1.82, 2.24) is 4.90 Å². The second-order valence-corrected chi connectivity index (χ2v) is 5.73. The van der Waals surface area contributed by atoms with Gasteiger partial charge in [-0.05, 0) is 50.0 Å². The molecule has 1 saturated heterocycles. The SMILES string of the molecule is OCC1CCN(CCOc2ccc(Cl)cc2Cl)CC1. The van der Waals surface area contributed by atoms with Crippen molar-refractivity contribution in [1.29, 1.82) is 0 Å². The van der Waals surface area contributed by atoms with Gasteiger partial charge < -0.3 is 9.84 Å². The van der Waals surface area contributed by atoms with E-state index >= 15 is 0 Å². The van der Waals surface area contributed by atoms with Crippen LogP contribution in [0.15, 0.2) is 18.2 Å². The average molecular weight is 304 g/mol. The van der Waals surface area contributed by atoms with E-state index in [1.165, 1.54) is 0 Å². The predicted octanol–water partition coefficient (Wildman–Crippen LogP) is 3.08. The molecule has 106 valence electrons. The van der Waals surface area contributed by atoms with E-state index < -0.39 is 0 Å². The molecule has 19 heavy (non-hydrogen) atoms. The van der Waals surface area contributed by atoms with Crippen molar-refractivity contribution >= 4 is 23.2 Å². The summed E-state index contributed by atoms with van der Waals surface area (Å²) in [6, 6.07) is 5.25. The van der Waals surface area contributed by atoms with Crippen molar-refractivity contribution in [2.45, 2.75) is 12.8 Å². The largest absolute Gasteiger partial charge is 0.491 e. The molecule has 3 nitrogen and oxygen atoms in total. The van der Waals surface area contributed by atoms with Crippen LogP contribution in [0.25, 0.3) is 0 Å². The van der Waals surface area contributed by atoms with Gasteiger partial charge in [0.2, 0.25) is 0 Å². The molecule has 5 heteroatoms. The van der Waals surface area contributed by atoms with Crippen LogP contribution >= 0.6 is 23.2 Å². The van der Waals surface area contributed by atoms with Crippen LogP contribution < -0.4 is 4.74 Å². The molecule has 0 atom stereocenters. The molecule has 1 N–H and O–H groups in total. The quantitative estimate of drug-likeness (QED) is 0.907. The first-order valence-electron chi connectivity index (χ1n) is 6.60. The van der Waals surface area contributed by atoms with Gasteiger partial charge >= 0.3 is 0 Å². The summed E-state index contributed by atoms with van der Waals surface area (Å²) in [5, 5.41) is 10.2. The lowest BCUT2D eigenvalue weighted by Crippen LogP contribution is -2.37. The number of likely N-dealkylation sites (tertiary alicyclic amines) is 1. The van der Waals surface area contributed by atoms with Crippen LogP contribution in [-0.4, -0.2) is 42.9 Å². The zero-order chi connectivity index (χ0) is 13.7. The lowest BCUT2D eigenvalue weighted by atomic mass is 9.98. The number of rotatable bonds is 5. The number of nitrogens with zero attached hydrogens (tertiary/aromatic N) is 1. The standard InChI is InChI=1S/C14H19Cl2NO2/c15-12-1-2-14(13(16)9-12)19-8-7-17-5-3-11(10-18)4-6-17/h1-2,9,11,18H,3-8,10H2. The Morgan fingerprint density at radius 1 is 1.26 bits per heavy atom. The summed E-state index contributed by atoms with van der Waals surface area (Å²) in [6.07, 6.45) is 2.14. The van der Waals surface area contributed by atoms with E-state index in [9.17, 15) is 0 Å². The molecule has 0 aliphatic carbocycles. The Hall–Kier alpha value is -0.480. The minimum Gasteiger partial charge on any atom is -0.491 e. The Balaban J connectivity index is 1.72. The van der Waals surface area contributed by atoms with E-state index in [1.54, 1.807) is 18.2 Å². The highest BCUT2D eigenvalue weighted by molar-refractivity contribution is 6.35. The molecule has 0 saturated carbocycles. The summed E-state index contributed by atoms with van der Waals surface area (Å²) < 4.78 is 5.67. The number of piperidine rings is 1. The third kappa shape index (κ3) is 4.53. The van der Waals surface area contributed by atoms with Crippen LogP contribution in [0.3, 0.4) is 0 Å². The minimum atomic E-state index is 0.310. The summed E-state index contributed by atoms with van der Waals surface area (Å²) in [5.74, 6) is 1.15. The summed E-state index contributed by atoms with van der Waals surface area (Å²) in [4.78, 5) is 2.36. The number of ether oxygens (including phenoxy) is 1. The average Bonchev–Trinajstić information content (AvgIpc) is 2.42. The maximum atomic E-state index is 9.09. The van der Waals surface area contributed by atoms with E-state index in [4.69, 9.17) is 33.0 Å². The van der Waals surface area contributed by atoms with E-state index in [0.717, 1.165) is 32.5 Å². The predicted molar refractivity (Wildman–Crippen MR) is 78.2 cm³/mol. The first-order valence-corrected chi connectivity index (χ1v) is 7.35. The summed E-state index contributed by atoms with van der Waals surface area (Å²) in [7, 11) is 0. The minimum absolute atomic E-state index is 0.310. The molecule has 1 aromatic carbocycles. The normalized spacial score (nSPS) is 17.6. The molecule has 1 aromatic rings. The van der Waals surface area contributed by atoms with Gasteiger partial charge in [-0.1, -0.05) is 23.2 Å². The molecule has 1 aliphatic heterocycles. The van der Waals surface area contributed by atoms with Crippen LogP contribution in [0.2, 0.25) is 10.0 Å². The molecular weight excluding hydrogens is 285 g/mol. The molecule has 0 spiro atoms. The molecule has 0 aromatic heterocycles. The zero-order valence-electron chi connectivity index (χ0n) is 10.8. The Morgan fingerprint density at radius 2 is 2.00 bits per heavy atom. The number of halogens is 2. The first kappa shape index (κ1) is 14.9. The topological polar surface area (TPSA) is 32.7 Å². The van der Waals surface area contributed by atoms with Crippen molar-refractivity contribution in [3.8, 4) is 5.75 Å². The second-order valence-electron chi connectivity index (χ2n) is 4.89. The fourth-order valence-electron chi connectivity index (χ4n) is 2.27. The third-order valence-corrected chi connectivity index (χ3v) is 4.05. The molecule has 1 fully saturated rings. The van der Waals surface area contributed by atoms with Gasteiger partial charge in [-0.15, -0.1) is 0 Å². The van der Waals surface area contributed by atoms with Gasteiger partial charge in [0.25, 0.3) is 0 Å². The van der Waals surface area contributed by atoms with Crippen LogP contribution in [0.1, 0.15) is 12.8 Å². The third-order valence-electron chi connectivity index (χ3n) is 3.52. The Kier molecular flexibility index (Phi) is 5.76. The highest BCUT2D eigenvalue weighted by Gasteiger charge is 2.18. The second kappa shape index (κ2) is 7.34. The van der Waals surface area contributed by atoms with Crippen LogP contribution in [0, 0.1) is 5.92 Å². The summed E-state index contributed by atoms with van der Waals surface area (Å²) in [5.41, 5.74) is 0. The molecule has 2 rings (SSSR count). The number of hydrogen-bond acceptors (Lipinski definition) is 3. The molecule has 0 bridgehead atoms. The summed E-state index contributed by atoms with van der Waals surface area (Å²) >= 11 is 11.9. The van der Waals surface area contributed by atoms with Gasteiger partial charge in [0.15, 0.2) is 0 Å². The maximum Gasteiger partial charge on any atom is 0.138 e. The van der Waals surface area contributed by atoms with Crippen LogP contribution in [0.4, 0.5) is 0 Å². The van der Waals surface area contributed by atoms with Gasteiger partial charge in [-0.2, -0.15) is 0 Å². The van der Waals surface area contributed by atoms with Crippen molar-refractivity contribution in [3.05, 3.63) is 28.2 Å². The highest BCUT2D eigenvalue weighted by atomic mass is 35.5. The molecule has 0 radical (unpaired) electrons. The van der Waals surface area contributed by atoms with Crippen LogP contribution in [-0.2, 0) is 0 Å². The van der Waals surface area contributed by atoms with E-state index in [2.05, 4.69) is 4.90 Å². The smallest absolute Gasteiger partial charge is 0.138 e. The van der Waals surface area contributed by atoms with Crippen molar-refractivity contribution in [3.63, 3.8) is 0 Å². The highest BCUT2D eigenvalue weighted by Crippen LogP contribution is 2.27. The van der Waals surface area contributed by atoms with Crippen molar-refractivity contribution < 1.29 is 9.84 Å². The Morgan fingerprint density at radius 3 is 2.63 bits per heavy atom. The van der Waals surface area contributed by atoms with Gasteiger partial charge in [-0.3, -0.25) is 4.90 Å². The number of hydrogen-bond donors (Lipinski definition) is 1. The van der Waals surface area contributed by atoms with Gasteiger partial charge in [0, 0.05) is 18.2 Å². The fourth-order valence-corrected chi connectivity index (χ4v) is 2.73. The van der Waals surface area contributed by atoms with Crippen molar-refractivity contribution in [2.75, 3.05) is 32.8 Å². The van der Waals surface area contributed by atoms with Gasteiger partial charge in [0.1, 0.15) is 12.4 Å². The lowest BCUT2D eigenvalue weighted by Gasteiger charge is -2.30. The molecule has 1 heterocycles. The number of aliphatic hydroxyl groups is 1. The lowest BCUT2D eigenvalue weighted by molar-refractivity contribution is 0.119. The monoisotopic (exact) mass is 303 g/mol. The molecule has 1 aliphatic rings. The molecule has 0 amide bonds. The number of aliphatic hydroxyl groups excluding tert-OH is 1. The Bertz CT molecular complexity index is 406. The van der Waals surface area contributed by atoms with Gasteiger partial charge in [-0.25, -0.2) is 0 Å². The maximum absolute atomic E-state index is 9.09. The van der Waals surface area contributed by atoms with Gasteiger partial charge in [0.05, 0.1) is 5.02 Å². The first-order chi connectivity index (χ1) is 9.19. The fraction of sp³-hybridized carbons (Fsp3) is 0.571. The summed E-state index contributed by atoms with van der Waals surface area (Å²) in [6.45, 7) is 3.87. The van der Waals surface area contributed by atoms with E-state index in [0.29, 0.717) is 34.9 Å². The van der Waals surface area contributed by atoms with Crippen molar-refractivity contribution in [2.24, 2.45) is 5.92 Å². The molecule has 0 unspecified atom stereocenters. The zero-order valence-corrected chi connectivity index (χ0v) is 12.3. The number of benzene rings is 1. The van der Waals surface area contributed by atoms with E-state index in [1.807, 2.05) is 0 Å². The van der Waals surface area contributed by atoms with E-state index in [-0.39, 0.29) is 0 Å². The Labute approximate surface area is 124 Å².